The van der Waals surface area contributed by atoms with E-state index in [9.17, 15) is 4.39 Å². The third kappa shape index (κ3) is 2.53. The maximum Gasteiger partial charge on any atom is 0.220 e. The van der Waals surface area contributed by atoms with Gasteiger partial charge in [-0.15, -0.1) is 0 Å². The summed E-state index contributed by atoms with van der Waals surface area (Å²) in [5, 5.41) is 0. The van der Waals surface area contributed by atoms with Gasteiger partial charge in [-0.05, 0) is 12.1 Å². The number of rotatable bonds is 2. The Kier molecular flexibility index (Phi) is 3.08. The molecule has 0 spiro atoms. The predicted molar refractivity (Wildman–Crippen MR) is 68.5 cm³/mol. The fourth-order valence-electron chi connectivity index (χ4n) is 2.27. The lowest BCUT2D eigenvalue weighted by Crippen LogP contribution is -2.31. The second-order valence-corrected chi connectivity index (χ2v) is 4.59. The van der Waals surface area contributed by atoms with E-state index in [4.69, 9.17) is 5.73 Å². The molecule has 1 aliphatic heterocycles. The fraction of sp³-hybridized carbons (Fsp3) is 0.308. The molecule has 98 valence electrons. The van der Waals surface area contributed by atoms with Crippen molar-refractivity contribution >= 4 is 5.95 Å². The summed E-state index contributed by atoms with van der Waals surface area (Å²) in [4.78, 5) is 14.4. The Morgan fingerprint density at radius 3 is 3.11 bits per heavy atom. The molecule has 5 nitrogen and oxygen atoms in total. The molecule has 0 radical (unpaired) electrons. The number of hydrogen-bond acceptors (Lipinski definition) is 5. The topological polar surface area (TPSA) is 67.9 Å². The van der Waals surface area contributed by atoms with Crippen molar-refractivity contribution < 1.29 is 4.39 Å². The van der Waals surface area contributed by atoms with E-state index in [1.807, 2.05) is 0 Å². The molecule has 1 aliphatic rings. The minimum atomic E-state index is -0.262. The smallest absolute Gasteiger partial charge is 0.220 e. The van der Waals surface area contributed by atoms with Crippen LogP contribution in [0.3, 0.4) is 0 Å². The normalized spacial score (nSPS) is 15.2. The van der Waals surface area contributed by atoms with Gasteiger partial charge >= 0.3 is 0 Å². The highest BCUT2D eigenvalue weighted by Crippen LogP contribution is 2.19. The second kappa shape index (κ2) is 4.89. The first-order valence-corrected chi connectivity index (χ1v) is 6.14. The average molecular weight is 259 g/mol. The Hall–Kier alpha value is -2.08. The van der Waals surface area contributed by atoms with Crippen molar-refractivity contribution in [1.82, 2.24) is 19.9 Å². The Morgan fingerprint density at radius 1 is 1.37 bits per heavy atom. The maximum absolute atomic E-state index is 13.6. The van der Waals surface area contributed by atoms with Crippen LogP contribution in [0.4, 0.5) is 10.3 Å². The molecule has 3 heterocycles. The number of pyridine rings is 1. The molecule has 0 bridgehead atoms. The number of hydrogen-bond donors (Lipinski definition) is 1. The summed E-state index contributed by atoms with van der Waals surface area (Å²) in [6, 6.07) is 3.03. The van der Waals surface area contributed by atoms with E-state index in [1.165, 1.54) is 6.07 Å². The molecular weight excluding hydrogens is 245 g/mol. The molecule has 0 saturated heterocycles. The van der Waals surface area contributed by atoms with E-state index in [1.54, 1.807) is 18.5 Å². The summed E-state index contributed by atoms with van der Waals surface area (Å²) >= 11 is 0. The Morgan fingerprint density at radius 2 is 2.26 bits per heavy atom. The van der Waals surface area contributed by atoms with Gasteiger partial charge in [0, 0.05) is 44.0 Å². The molecule has 0 fully saturated rings. The van der Waals surface area contributed by atoms with Gasteiger partial charge in [-0.1, -0.05) is 0 Å². The van der Waals surface area contributed by atoms with Crippen LogP contribution < -0.4 is 5.73 Å². The Balaban J connectivity index is 1.76. The van der Waals surface area contributed by atoms with E-state index in [2.05, 4.69) is 19.9 Å². The summed E-state index contributed by atoms with van der Waals surface area (Å²) < 4.78 is 13.6. The van der Waals surface area contributed by atoms with Crippen LogP contribution in [0.5, 0.6) is 0 Å². The number of aromatic nitrogens is 3. The minimum Gasteiger partial charge on any atom is -0.368 e. The van der Waals surface area contributed by atoms with Gasteiger partial charge in [0.2, 0.25) is 5.95 Å². The molecule has 0 aromatic carbocycles. The van der Waals surface area contributed by atoms with E-state index in [0.29, 0.717) is 24.7 Å². The van der Waals surface area contributed by atoms with Crippen molar-refractivity contribution in [2.24, 2.45) is 0 Å². The molecule has 2 N–H and O–H groups in total. The van der Waals surface area contributed by atoms with Crippen LogP contribution in [0.1, 0.15) is 17.0 Å². The number of halogens is 1. The van der Waals surface area contributed by atoms with Gasteiger partial charge in [0.05, 0.1) is 11.4 Å². The largest absolute Gasteiger partial charge is 0.368 e. The Labute approximate surface area is 110 Å². The summed E-state index contributed by atoms with van der Waals surface area (Å²) in [6.07, 6.45) is 4.16. The first kappa shape index (κ1) is 12.0. The van der Waals surface area contributed by atoms with Crippen molar-refractivity contribution in [2.45, 2.75) is 19.5 Å². The van der Waals surface area contributed by atoms with Gasteiger partial charge < -0.3 is 5.73 Å². The van der Waals surface area contributed by atoms with E-state index in [0.717, 1.165) is 24.2 Å². The predicted octanol–water partition coefficient (Wildman–Crippen LogP) is 1.15. The summed E-state index contributed by atoms with van der Waals surface area (Å²) in [5.74, 6) is 0.0461. The molecule has 19 heavy (non-hydrogen) atoms. The maximum atomic E-state index is 13.6. The molecule has 3 rings (SSSR count). The van der Waals surface area contributed by atoms with E-state index >= 15 is 0 Å². The summed E-state index contributed by atoms with van der Waals surface area (Å²) in [6.45, 7) is 2.02. The van der Waals surface area contributed by atoms with Crippen LogP contribution >= 0.6 is 0 Å². The minimum absolute atomic E-state index is 0.262. The first-order valence-electron chi connectivity index (χ1n) is 6.14. The molecule has 0 aliphatic carbocycles. The molecule has 2 aromatic heterocycles. The summed E-state index contributed by atoms with van der Waals surface area (Å²) in [7, 11) is 0. The lowest BCUT2D eigenvalue weighted by molar-refractivity contribution is 0.236. The van der Waals surface area contributed by atoms with Gasteiger partial charge in [-0.2, -0.15) is 0 Å². The van der Waals surface area contributed by atoms with E-state index in [-0.39, 0.29) is 5.82 Å². The van der Waals surface area contributed by atoms with Gasteiger partial charge in [-0.25, -0.2) is 14.4 Å². The highest BCUT2D eigenvalue weighted by molar-refractivity contribution is 5.27. The second-order valence-electron chi connectivity index (χ2n) is 4.59. The molecule has 6 heteroatoms. The summed E-state index contributed by atoms with van der Waals surface area (Å²) in [5.41, 5.74) is 8.08. The van der Waals surface area contributed by atoms with Gasteiger partial charge in [0.25, 0.3) is 0 Å². The zero-order chi connectivity index (χ0) is 13.2. The number of nitrogens with two attached hydrogens (primary N) is 1. The quantitative estimate of drug-likeness (QED) is 0.876. The van der Waals surface area contributed by atoms with E-state index < -0.39 is 0 Å². The molecule has 0 atom stereocenters. The van der Waals surface area contributed by atoms with Gasteiger partial charge in [0.15, 0.2) is 0 Å². The van der Waals surface area contributed by atoms with Crippen LogP contribution in [0.15, 0.2) is 24.5 Å². The van der Waals surface area contributed by atoms with Crippen LogP contribution in [0.2, 0.25) is 0 Å². The molecular formula is C13H14FN5. The SMILES string of the molecule is Nc1ncc2c(n1)CCN(Cc1ncccc1F)C2. The number of nitrogen functional groups attached to an aromatic ring is 1. The van der Waals surface area contributed by atoms with Crippen molar-refractivity contribution in [3.05, 3.63) is 47.3 Å². The molecule has 0 unspecified atom stereocenters. The number of fused-ring (bicyclic) bond motifs is 1. The lowest BCUT2D eigenvalue weighted by Gasteiger charge is -2.27. The number of anilines is 1. The van der Waals surface area contributed by atoms with Gasteiger partial charge in [-0.3, -0.25) is 9.88 Å². The van der Waals surface area contributed by atoms with Crippen molar-refractivity contribution in [3.63, 3.8) is 0 Å². The zero-order valence-corrected chi connectivity index (χ0v) is 10.4. The Bertz CT molecular complexity index is 601. The standard InChI is InChI=1S/C13H14FN5/c14-10-2-1-4-16-12(10)8-19-5-3-11-9(7-19)6-17-13(15)18-11/h1-2,4,6H,3,5,7-8H2,(H2,15,17,18). The van der Waals surface area contributed by atoms with Crippen molar-refractivity contribution in [3.8, 4) is 0 Å². The first-order chi connectivity index (χ1) is 9.22. The number of nitrogens with zero attached hydrogens (tertiary/aromatic N) is 4. The highest BCUT2D eigenvalue weighted by atomic mass is 19.1. The molecule has 0 saturated carbocycles. The highest BCUT2D eigenvalue weighted by Gasteiger charge is 2.19. The monoisotopic (exact) mass is 259 g/mol. The zero-order valence-electron chi connectivity index (χ0n) is 10.4. The van der Waals surface area contributed by atoms with Gasteiger partial charge in [0.1, 0.15) is 5.82 Å². The molecule has 2 aromatic rings. The van der Waals surface area contributed by atoms with Crippen LogP contribution in [-0.2, 0) is 19.5 Å². The van der Waals surface area contributed by atoms with Crippen molar-refractivity contribution in [1.29, 1.82) is 0 Å². The van der Waals surface area contributed by atoms with Crippen LogP contribution in [0.25, 0.3) is 0 Å². The van der Waals surface area contributed by atoms with Crippen LogP contribution in [-0.4, -0.2) is 26.4 Å². The third-order valence-electron chi connectivity index (χ3n) is 3.24. The lowest BCUT2D eigenvalue weighted by atomic mass is 10.1. The van der Waals surface area contributed by atoms with Crippen LogP contribution in [0, 0.1) is 5.82 Å². The van der Waals surface area contributed by atoms with Crippen molar-refractivity contribution in [2.75, 3.05) is 12.3 Å². The average Bonchev–Trinajstić information content (AvgIpc) is 2.41. The molecule has 0 amide bonds. The third-order valence-corrected chi connectivity index (χ3v) is 3.24. The fourth-order valence-corrected chi connectivity index (χ4v) is 2.27.